The molecule has 7 heteroatoms. The maximum Gasteiger partial charge on any atom is 0.290 e. The average Bonchev–Trinajstić information content (AvgIpc) is 3.45. The van der Waals surface area contributed by atoms with Crippen LogP contribution >= 0.6 is 0 Å². The Morgan fingerprint density at radius 2 is 1.87 bits per heavy atom. The van der Waals surface area contributed by atoms with Gasteiger partial charge in [0.2, 0.25) is 5.76 Å². The molecule has 0 saturated heterocycles. The highest BCUT2D eigenvalue weighted by Gasteiger charge is 2.14. The Bertz CT molecular complexity index is 1120. The molecule has 0 unspecified atom stereocenters. The highest BCUT2D eigenvalue weighted by Crippen LogP contribution is 2.20. The predicted molar refractivity (Wildman–Crippen MR) is 107 cm³/mol. The smallest absolute Gasteiger partial charge is 0.290 e. The molecule has 2 heterocycles. The molecule has 1 N–H and O–H groups in total. The lowest BCUT2D eigenvalue weighted by molar-refractivity contribution is 0.0913. The fourth-order valence-electron chi connectivity index (χ4n) is 2.93. The van der Waals surface area contributed by atoms with E-state index >= 15 is 0 Å². The molecule has 152 valence electrons. The Kier molecular flexibility index (Phi) is 6.01. The quantitative estimate of drug-likeness (QED) is 0.458. The van der Waals surface area contributed by atoms with Crippen molar-refractivity contribution in [1.82, 2.24) is 10.5 Å². The van der Waals surface area contributed by atoms with Gasteiger partial charge in [-0.2, -0.15) is 0 Å². The minimum absolute atomic E-state index is 0.0622. The first-order chi connectivity index (χ1) is 14.7. The van der Waals surface area contributed by atoms with E-state index in [1.807, 2.05) is 36.4 Å². The largest absolute Gasteiger partial charge is 0.467 e. The van der Waals surface area contributed by atoms with Crippen molar-refractivity contribution in [2.75, 3.05) is 0 Å². The maximum atomic E-state index is 13.4. The zero-order chi connectivity index (χ0) is 20.8. The fourth-order valence-corrected chi connectivity index (χ4v) is 2.93. The molecule has 4 rings (SSSR count). The van der Waals surface area contributed by atoms with Crippen LogP contribution in [0.25, 0.3) is 11.3 Å². The molecule has 0 radical (unpaired) electrons. The van der Waals surface area contributed by atoms with Crippen LogP contribution in [0.5, 0.6) is 0 Å². The van der Waals surface area contributed by atoms with Gasteiger partial charge in [0.1, 0.15) is 23.9 Å². The number of carbonyl (C=O) groups excluding carboxylic acids is 1. The van der Waals surface area contributed by atoms with E-state index in [1.165, 1.54) is 18.2 Å². The third kappa shape index (κ3) is 5.01. The zero-order valence-corrected chi connectivity index (χ0v) is 16.0. The van der Waals surface area contributed by atoms with E-state index in [1.54, 1.807) is 18.4 Å². The number of hydrogen-bond donors (Lipinski definition) is 1. The molecule has 0 aliphatic carbocycles. The molecule has 2 aromatic carbocycles. The van der Waals surface area contributed by atoms with Crippen molar-refractivity contribution < 1.29 is 22.9 Å². The van der Waals surface area contributed by atoms with Crippen molar-refractivity contribution in [1.29, 1.82) is 0 Å². The summed E-state index contributed by atoms with van der Waals surface area (Å²) in [6, 6.07) is 18.8. The normalized spacial score (nSPS) is 10.8. The van der Waals surface area contributed by atoms with Gasteiger partial charge >= 0.3 is 0 Å². The van der Waals surface area contributed by atoms with E-state index in [-0.39, 0.29) is 11.6 Å². The number of aromatic nitrogens is 1. The second-order valence-corrected chi connectivity index (χ2v) is 6.66. The first-order valence-corrected chi connectivity index (χ1v) is 9.36. The lowest BCUT2D eigenvalue weighted by Gasteiger charge is -2.07. The van der Waals surface area contributed by atoms with E-state index in [0.29, 0.717) is 31.0 Å². The van der Waals surface area contributed by atoms with Gasteiger partial charge in [0.15, 0.2) is 0 Å². The number of benzene rings is 2. The predicted octanol–water partition coefficient (Wildman–Crippen LogP) is 4.72. The Balaban J connectivity index is 1.31. The molecule has 0 aliphatic rings. The van der Waals surface area contributed by atoms with Crippen molar-refractivity contribution >= 4 is 5.91 Å². The van der Waals surface area contributed by atoms with Crippen LogP contribution in [0.4, 0.5) is 4.39 Å². The van der Waals surface area contributed by atoms with E-state index in [2.05, 4.69) is 10.5 Å². The van der Waals surface area contributed by atoms with Crippen molar-refractivity contribution in [3.8, 4) is 11.3 Å². The summed E-state index contributed by atoms with van der Waals surface area (Å²) >= 11 is 0. The number of hydrogen-bond acceptors (Lipinski definition) is 5. The van der Waals surface area contributed by atoms with Gasteiger partial charge in [-0.05, 0) is 35.4 Å². The van der Waals surface area contributed by atoms with Gasteiger partial charge in [-0.3, -0.25) is 4.79 Å². The van der Waals surface area contributed by atoms with Gasteiger partial charge in [0.25, 0.3) is 5.91 Å². The number of carbonyl (C=O) groups is 1. The van der Waals surface area contributed by atoms with Crippen LogP contribution in [0.1, 0.15) is 27.4 Å². The lowest BCUT2D eigenvalue weighted by atomic mass is 10.1. The summed E-state index contributed by atoms with van der Waals surface area (Å²) < 4.78 is 29.3. The van der Waals surface area contributed by atoms with Crippen molar-refractivity contribution in [3.63, 3.8) is 0 Å². The summed E-state index contributed by atoms with van der Waals surface area (Å²) in [5, 5.41) is 6.64. The van der Waals surface area contributed by atoms with Crippen molar-refractivity contribution in [2.24, 2.45) is 0 Å². The topological polar surface area (TPSA) is 77.5 Å². The first kappa shape index (κ1) is 19.6. The summed E-state index contributed by atoms with van der Waals surface area (Å²) in [5.74, 6) is 0.0504. The van der Waals surface area contributed by atoms with Gasteiger partial charge in [-0.15, -0.1) is 0 Å². The molecule has 6 nitrogen and oxygen atoms in total. The highest BCUT2D eigenvalue weighted by atomic mass is 19.1. The Morgan fingerprint density at radius 3 is 2.70 bits per heavy atom. The molecule has 2 aromatic heterocycles. The van der Waals surface area contributed by atoms with Gasteiger partial charge in [-0.25, -0.2) is 4.39 Å². The summed E-state index contributed by atoms with van der Waals surface area (Å²) in [5.41, 5.74) is 2.85. The summed E-state index contributed by atoms with van der Waals surface area (Å²) in [7, 11) is 0. The van der Waals surface area contributed by atoms with Gasteiger partial charge in [0.05, 0.1) is 12.9 Å². The maximum absolute atomic E-state index is 13.4. The van der Waals surface area contributed by atoms with E-state index in [0.717, 1.165) is 16.9 Å². The van der Waals surface area contributed by atoms with E-state index in [4.69, 9.17) is 13.7 Å². The third-order valence-electron chi connectivity index (χ3n) is 4.39. The van der Waals surface area contributed by atoms with Gasteiger partial charge in [0, 0.05) is 18.2 Å². The molecule has 0 aliphatic heterocycles. The van der Waals surface area contributed by atoms with Crippen LogP contribution < -0.4 is 5.32 Å². The summed E-state index contributed by atoms with van der Waals surface area (Å²) in [6.45, 7) is 1.15. The van der Waals surface area contributed by atoms with Gasteiger partial charge in [-0.1, -0.05) is 41.6 Å². The molecule has 4 aromatic rings. The fraction of sp³-hybridized carbons (Fsp3) is 0.130. The van der Waals surface area contributed by atoms with Gasteiger partial charge < -0.3 is 19.0 Å². The molecule has 0 bridgehead atoms. The second-order valence-electron chi connectivity index (χ2n) is 6.66. The molecule has 0 atom stereocenters. The van der Waals surface area contributed by atoms with Crippen molar-refractivity contribution in [3.05, 3.63) is 101 Å². The second kappa shape index (κ2) is 9.19. The Hall–Kier alpha value is -3.71. The number of furan rings is 1. The Labute approximate surface area is 172 Å². The van der Waals surface area contributed by atoms with Crippen LogP contribution in [0.2, 0.25) is 0 Å². The molecular weight excluding hydrogens is 387 g/mol. The zero-order valence-electron chi connectivity index (χ0n) is 16.0. The van der Waals surface area contributed by atoms with Crippen LogP contribution in [-0.4, -0.2) is 11.1 Å². The third-order valence-corrected chi connectivity index (χ3v) is 4.39. The molecule has 0 saturated carbocycles. The number of ether oxygens (including phenoxy) is 1. The molecule has 0 spiro atoms. The summed E-state index contributed by atoms with van der Waals surface area (Å²) in [4.78, 5) is 12.4. The first-order valence-electron chi connectivity index (χ1n) is 9.36. The lowest BCUT2D eigenvalue weighted by Crippen LogP contribution is -2.22. The number of rotatable bonds is 8. The van der Waals surface area contributed by atoms with Crippen LogP contribution in [-0.2, 0) is 24.5 Å². The van der Waals surface area contributed by atoms with Crippen LogP contribution in [0, 0.1) is 5.82 Å². The van der Waals surface area contributed by atoms with E-state index in [9.17, 15) is 9.18 Å². The van der Waals surface area contributed by atoms with Crippen LogP contribution in [0.15, 0.2) is 81.9 Å². The minimum atomic E-state index is -0.398. The molecule has 30 heavy (non-hydrogen) atoms. The summed E-state index contributed by atoms with van der Waals surface area (Å²) in [6.07, 6.45) is 1.61. The monoisotopic (exact) mass is 406 g/mol. The standard InChI is InChI=1S/C23H19FN2O4/c24-19-7-2-6-18(11-19)21-12-22(30-26-21)23(27)25-13-16-4-1-5-17(10-16)14-28-15-20-8-3-9-29-20/h1-12H,13-15H2,(H,25,27). The Morgan fingerprint density at radius 1 is 1.00 bits per heavy atom. The van der Waals surface area contributed by atoms with Crippen molar-refractivity contribution in [2.45, 2.75) is 19.8 Å². The molecular formula is C23H19FN2O4. The van der Waals surface area contributed by atoms with E-state index < -0.39 is 5.91 Å². The average molecular weight is 406 g/mol. The molecule has 1 amide bonds. The number of amides is 1. The highest BCUT2D eigenvalue weighted by molar-refractivity contribution is 5.92. The minimum Gasteiger partial charge on any atom is -0.467 e. The number of halogens is 1. The molecule has 0 fully saturated rings. The number of nitrogens with one attached hydrogen (secondary N) is 1. The van der Waals surface area contributed by atoms with Crippen LogP contribution in [0.3, 0.4) is 0 Å². The SMILES string of the molecule is O=C(NCc1cccc(COCc2ccco2)c1)c1cc(-c2cccc(F)c2)no1. The number of nitrogens with zero attached hydrogens (tertiary/aromatic N) is 1.